The predicted molar refractivity (Wildman–Crippen MR) is 46.5 cm³/mol. The second-order valence-corrected chi connectivity index (χ2v) is 2.51. The van der Waals surface area contributed by atoms with Crippen LogP contribution < -0.4 is 10.6 Å². The topological polar surface area (TPSA) is 41.1 Å². The molecule has 3 heteroatoms. The summed E-state index contributed by atoms with van der Waals surface area (Å²) in [7, 11) is 1.92. The highest BCUT2D eigenvalue weighted by Gasteiger charge is 1.96. The Kier molecular flexibility index (Phi) is 7.15. The Morgan fingerprint density at radius 1 is 1.36 bits per heavy atom. The lowest BCUT2D eigenvalue weighted by atomic mass is 10.2. The van der Waals surface area contributed by atoms with Crippen molar-refractivity contribution in [1.82, 2.24) is 10.6 Å². The van der Waals surface area contributed by atoms with Crippen molar-refractivity contribution in [3.63, 3.8) is 0 Å². The Labute approximate surface area is 68.6 Å². The number of unbranched alkanes of at least 4 members (excludes halogenated alkanes) is 1. The lowest BCUT2D eigenvalue weighted by molar-refractivity contribution is -0.121. The Morgan fingerprint density at radius 3 is 2.64 bits per heavy atom. The summed E-state index contributed by atoms with van der Waals surface area (Å²) in [5.74, 6) is 0.170. The van der Waals surface area contributed by atoms with Crippen LogP contribution in [0.1, 0.15) is 26.2 Å². The van der Waals surface area contributed by atoms with Gasteiger partial charge >= 0.3 is 0 Å². The third kappa shape index (κ3) is 7.33. The van der Waals surface area contributed by atoms with Gasteiger partial charge in [-0.2, -0.15) is 0 Å². The van der Waals surface area contributed by atoms with Gasteiger partial charge in [0, 0.05) is 13.0 Å². The fourth-order valence-electron chi connectivity index (χ4n) is 0.873. The van der Waals surface area contributed by atoms with Crippen LogP contribution in [0.4, 0.5) is 0 Å². The minimum atomic E-state index is 0.170. The second kappa shape index (κ2) is 7.54. The van der Waals surface area contributed by atoms with E-state index in [1.165, 1.54) is 0 Å². The number of carbonyl (C=O) groups excluding carboxylic acids is 1. The Balaban J connectivity index is 3.04. The van der Waals surface area contributed by atoms with Gasteiger partial charge in [-0.15, -0.1) is 0 Å². The van der Waals surface area contributed by atoms with E-state index in [0.29, 0.717) is 6.42 Å². The molecule has 66 valence electrons. The van der Waals surface area contributed by atoms with Gasteiger partial charge < -0.3 is 10.6 Å². The number of hydrogen-bond acceptors (Lipinski definition) is 2. The van der Waals surface area contributed by atoms with Crippen LogP contribution in [0.2, 0.25) is 0 Å². The molecule has 1 amide bonds. The second-order valence-electron chi connectivity index (χ2n) is 2.51. The molecule has 3 nitrogen and oxygen atoms in total. The third-order valence-corrected chi connectivity index (χ3v) is 1.45. The molecule has 0 fully saturated rings. The van der Waals surface area contributed by atoms with E-state index in [1.54, 1.807) is 0 Å². The van der Waals surface area contributed by atoms with Crippen molar-refractivity contribution in [2.24, 2.45) is 0 Å². The standard InChI is InChI=1S/C8H18N2O/c1-3-10-8(11)6-4-5-7-9-2/h9H,3-7H2,1-2H3,(H,10,11). The van der Waals surface area contributed by atoms with Gasteiger partial charge in [0.15, 0.2) is 0 Å². The molecule has 0 saturated carbocycles. The molecule has 0 aliphatic heterocycles. The van der Waals surface area contributed by atoms with Gasteiger partial charge in [0.05, 0.1) is 0 Å². The molecule has 0 radical (unpaired) electrons. The largest absolute Gasteiger partial charge is 0.356 e. The Morgan fingerprint density at radius 2 is 2.09 bits per heavy atom. The van der Waals surface area contributed by atoms with Gasteiger partial charge in [-0.25, -0.2) is 0 Å². The zero-order valence-electron chi connectivity index (χ0n) is 7.44. The number of amides is 1. The van der Waals surface area contributed by atoms with Gasteiger partial charge in [-0.3, -0.25) is 4.79 Å². The van der Waals surface area contributed by atoms with Crippen LogP contribution in [0.25, 0.3) is 0 Å². The van der Waals surface area contributed by atoms with Gasteiger partial charge in [-0.1, -0.05) is 0 Å². The van der Waals surface area contributed by atoms with Crippen molar-refractivity contribution in [1.29, 1.82) is 0 Å². The van der Waals surface area contributed by atoms with E-state index in [-0.39, 0.29) is 5.91 Å². The average Bonchev–Trinajstić information content (AvgIpc) is 1.99. The van der Waals surface area contributed by atoms with Gasteiger partial charge in [-0.05, 0) is 33.4 Å². The van der Waals surface area contributed by atoms with E-state index in [2.05, 4.69) is 10.6 Å². The van der Waals surface area contributed by atoms with E-state index in [0.717, 1.165) is 25.9 Å². The predicted octanol–water partition coefficient (Wildman–Crippen LogP) is 0.512. The van der Waals surface area contributed by atoms with E-state index >= 15 is 0 Å². The first-order valence-electron chi connectivity index (χ1n) is 4.22. The van der Waals surface area contributed by atoms with Gasteiger partial charge in [0.25, 0.3) is 0 Å². The summed E-state index contributed by atoms with van der Waals surface area (Å²) in [6, 6.07) is 0. The maximum atomic E-state index is 10.9. The normalized spacial score (nSPS) is 9.64. The van der Waals surface area contributed by atoms with E-state index < -0.39 is 0 Å². The summed E-state index contributed by atoms with van der Waals surface area (Å²) >= 11 is 0. The summed E-state index contributed by atoms with van der Waals surface area (Å²) in [4.78, 5) is 10.9. The first kappa shape index (κ1) is 10.4. The van der Waals surface area contributed by atoms with Gasteiger partial charge in [0.1, 0.15) is 0 Å². The molecule has 0 atom stereocenters. The van der Waals surface area contributed by atoms with E-state index in [9.17, 15) is 4.79 Å². The molecule has 0 aliphatic carbocycles. The smallest absolute Gasteiger partial charge is 0.219 e. The molecular formula is C8H18N2O. The Bertz CT molecular complexity index is 104. The molecule has 11 heavy (non-hydrogen) atoms. The molecule has 0 bridgehead atoms. The SMILES string of the molecule is CCNC(=O)CCCCNC. The highest BCUT2D eigenvalue weighted by molar-refractivity contribution is 5.75. The molecule has 0 saturated heterocycles. The van der Waals surface area contributed by atoms with E-state index in [4.69, 9.17) is 0 Å². The fraction of sp³-hybridized carbons (Fsp3) is 0.875. The molecule has 0 aromatic rings. The zero-order valence-corrected chi connectivity index (χ0v) is 7.44. The average molecular weight is 158 g/mol. The maximum Gasteiger partial charge on any atom is 0.219 e. The summed E-state index contributed by atoms with van der Waals surface area (Å²) in [5, 5.41) is 5.80. The minimum Gasteiger partial charge on any atom is -0.356 e. The van der Waals surface area contributed by atoms with Crippen LogP contribution in [0, 0.1) is 0 Å². The first-order chi connectivity index (χ1) is 5.31. The lowest BCUT2D eigenvalue weighted by Crippen LogP contribution is -2.22. The number of carbonyl (C=O) groups is 1. The van der Waals surface area contributed by atoms with Crippen molar-refractivity contribution in [3.8, 4) is 0 Å². The molecule has 0 unspecified atom stereocenters. The monoisotopic (exact) mass is 158 g/mol. The molecular weight excluding hydrogens is 140 g/mol. The molecule has 0 aromatic heterocycles. The molecule has 0 spiro atoms. The van der Waals surface area contributed by atoms with E-state index in [1.807, 2.05) is 14.0 Å². The highest BCUT2D eigenvalue weighted by Crippen LogP contribution is 1.92. The highest BCUT2D eigenvalue weighted by atomic mass is 16.1. The minimum absolute atomic E-state index is 0.170. The van der Waals surface area contributed by atoms with Crippen LogP contribution in [-0.4, -0.2) is 26.0 Å². The lowest BCUT2D eigenvalue weighted by Gasteiger charge is -2.00. The molecule has 0 aliphatic rings. The third-order valence-electron chi connectivity index (χ3n) is 1.45. The van der Waals surface area contributed by atoms with Crippen molar-refractivity contribution in [3.05, 3.63) is 0 Å². The summed E-state index contributed by atoms with van der Waals surface area (Å²) in [6.45, 7) is 3.68. The Hall–Kier alpha value is -0.570. The van der Waals surface area contributed by atoms with Crippen LogP contribution in [0.3, 0.4) is 0 Å². The van der Waals surface area contributed by atoms with Crippen LogP contribution >= 0.6 is 0 Å². The summed E-state index contributed by atoms with van der Waals surface area (Å²) in [6.07, 6.45) is 2.72. The zero-order chi connectivity index (χ0) is 8.53. The summed E-state index contributed by atoms with van der Waals surface area (Å²) in [5.41, 5.74) is 0. The molecule has 0 rings (SSSR count). The van der Waals surface area contributed by atoms with Crippen molar-refractivity contribution in [2.75, 3.05) is 20.1 Å². The molecule has 2 N–H and O–H groups in total. The number of hydrogen-bond donors (Lipinski definition) is 2. The first-order valence-corrected chi connectivity index (χ1v) is 4.22. The van der Waals surface area contributed by atoms with Gasteiger partial charge in [0.2, 0.25) is 5.91 Å². The van der Waals surface area contributed by atoms with Crippen LogP contribution in [-0.2, 0) is 4.79 Å². The van der Waals surface area contributed by atoms with Crippen molar-refractivity contribution in [2.45, 2.75) is 26.2 Å². The van der Waals surface area contributed by atoms with Crippen molar-refractivity contribution < 1.29 is 4.79 Å². The molecule has 0 aromatic carbocycles. The molecule has 0 heterocycles. The number of nitrogens with one attached hydrogen (secondary N) is 2. The fourth-order valence-corrected chi connectivity index (χ4v) is 0.873. The van der Waals surface area contributed by atoms with Crippen LogP contribution in [0.5, 0.6) is 0 Å². The quantitative estimate of drug-likeness (QED) is 0.553. The maximum absolute atomic E-state index is 10.9. The summed E-state index contributed by atoms with van der Waals surface area (Å²) < 4.78 is 0. The number of rotatable bonds is 6. The van der Waals surface area contributed by atoms with Crippen LogP contribution in [0.15, 0.2) is 0 Å². The van der Waals surface area contributed by atoms with Crippen molar-refractivity contribution >= 4 is 5.91 Å².